The molecular formula is C24H27N3O. The van der Waals surface area contributed by atoms with Crippen LogP contribution in [-0.4, -0.2) is 46.5 Å². The molecule has 2 fully saturated rings. The standard InChI is InChI=1S/C24H27N3O/c28-24(11-13-26-12-10-20-8-4-5-9-23(20)26)27-17-21-15-25(16-22(21)18-27)14-19-6-2-1-3-7-19/h1-10,12,21-22H,11,13-18H2/t21-,22-/m1/s1. The average Bonchev–Trinajstić information content (AvgIpc) is 3.40. The average molecular weight is 374 g/mol. The van der Waals surface area contributed by atoms with Crippen LogP contribution in [0.15, 0.2) is 66.9 Å². The van der Waals surface area contributed by atoms with Gasteiger partial charge in [0.1, 0.15) is 0 Å². The summed E-state index contributed by atoms with van der Waals surface area (Å²) in [5.74, 6) is 1.59. The number of fused-ring (bicyclic) bond motifs is 2. The van der Waals surface area contributed by atoms with E-state index in [1.165, 1.54) is 16.5 Å². The lowest BCUT2D eigenvalue weighted by molar-refractivity contribution is -0.130. The number of para-hydroxylation sites is 1. The summed E-state index contributed by atoms with van der Waals surface area (Å²) in [4.78, 5) is 17.4. The maximum atomic E-state index is 12.8. The molecule has 2 aliphatic heterocycles. The van der Waals surface area contributed by atoms with Gasteiger partial charge >= 0.3 is 0 Å². The highest BCUT2D eigenvalue weighted by Crippen LogP contribution is 2.32. The van der Waals surface area contributed by atoms with Crippen molar-refractivity contribution in [2.24, 2.45) is 11.8 Å². The number of rotatable bonds is 5. The van der Waals surface area contributed by atoms with E-state index in [4.69, 9.17) is 0 Å². The fourth-order valence-electron chi connectivity index (χ4n) is 4.97. The van der Waals surface area contributed by atoms with E-state index in [9.17, 15) is 4.79 Å². The predicted molar refractivity (Wildman–Crippen MR) is 112 cm³/mol. The Hall–Kier alpha value is -2.59. The minimum Gasteiger partial charge on any atom is -0.347 e. The van der Waals surface area contributed by atoms with Gasteiger partial charge in [0.25, 0.3) is 0 Å². The van der Waals surface area contributed by atoms with Gasteiger partial charge in [-0.05, 0) is 34.9 Å². The fraction of sp³-hybridized carbons (Fsp3) is 0.375. The predicted octanol–water partition coefficient (Wildman–Crippen LogP) is 3.62. The molecule has 3 heterocycles. The highest BCUT2D eigenvalue weighted by molar-refractivity contribution is 5.80. The smallest absolute Gasteiger partial charge is 0.224 e. The van der Waals surface area contributed by atoms with E-state index in [-0.39, 0.29) is 0 Å². The summed E-state index contributed by atoms with van der Waals surface area (Å²) in [5, 5.41) is 1.24. The van der Waals surface area contributed by atoms with Gasteiger partial charge in [-0.2, -0.15) is 0 Å². The van der Waals surface area contributed by atoms with Crippen LogP contribution in [0.5, 0.6) is 0 Å². The molecule has 2 aliphatic rings. The molecule has 3 aromatic rings. The van der Waals surface area contributed by atoms with Gasteiger partial charge in [-0.3, -0.25) is 9.69 Å². The van der Waals surface area contributed by atoms with E-state index < -0.39 is 0 Å². The second kappa shape index (κ2) is 7.44. The van der Waals surface area contributed by atoms with Gasteiger partial charge in [0.15, 0.2) is 0 Å². The zero-order chi connectivity index (χ0) is 18.9. The number of aryl methyl sites for hydroxylation is 1. The number of carbonyl (C=O) groups excluding carboxylic acids is 1. The van der Waals surface area contributed by atoms with E-state index in [0.717, 1.165) is 39.3 Å². The number of hydrogen-bond donors (Lipinski definition) is 0. The molecular weight excluding hydrogens is 346 g/mol. The molecule has 0 N–H and O–H groups in total. The number of aromatic nitrogens is 1. The third-order valence-electron chi connectivity index (χ3n) is 6.41. The number of amides is 1. The van der Waals surface area contributed by atoms with E-state index in [1.54, 1.807) is 0 Å². The Morgan fingerprint density at radius 3 is 2.36 bits per heavy atom. The Labute approximate surface area is 166 Å². The molecule has 0 bridgehead atoms. The third kappa shape index (κ3) is 3.45. The van der Waals surface area contributed by atoms with Crippen molar-refractivity contribution >= 4 is 16.8 Å². The first-order valence-corrected chi connectivity index (χ1v) is 10.3. The van der Waals surface area contributed by atoms with Crippen LogP contribution in [0.3, 0.4) is 0 Å². The van der Waals surface area contributed by atoms with E-state index >= 15 is 0 Å². The Kier molecular flexibility index (Phi) is 4.65. The lowest BCUT2D eigenvalue weighted by atomic mass is 10.0. The quantitative estimate of drug-likeness (QED) is 0.683. The normalized spacial score (nSPS) is 22.1. The molecule has 2 aromatic carbocycles. The second-order valence-electron chi connectivity index (χ2n) is 8.32. The van der Waals surface area contributed by atoms with Crippen LogP contribution in [0.2, 0.25) is 0 Å². The van der Waals surface area contributed by atoms with Crippen LogP contribution >= 0.6 is 0 Å². The van der Waals surface area contributed by atoms with Gasteiger partial charge in [-0.25, -0.2) is 0 Å². The zero-order valence-corrected chi connectivity index (χ0v) is 16.2. The van der Waals surface area contributed by atoms with Crippen molar-refractivity contribution in [3.05, 3.63) is 72.4 Å². The van der Waals surface area contributed by atoms with Crippen molar-refractivity contribution in [2.45, 2.75) is 19.5 Å². The molecule has 4 nitrogen and oxygen atoms in total. The van der Waals surface area contributed by atoms with Gasteiger partial charge in [-0.15, -0.1) is 0 Å². The Morgan fingerprint density at radius 2 is 1.57 bits per heavy atom. The molecule has 4 heteroatoms. The number of likely N-dealkylation sites (tertiary alicyclic amines) is 2. The topological polar surface area (TPSA) is 28.5 Å². The van der Waals surface area contributed by atoms with Crippen molar-refractivity contribution in [1.82, 2.24) is 14.4 Å². The molecule has 0 spiro atoms. The first kappa shape index (κ1) is 17.5. The molecule has 2 saturated heterocycles. The zero-order valence-electron chi connectivity index (χ0n) is 16.2. The number of nitrogens with zero attached hydrogens (tertiary/aromatic N) is 3. The van der Waals surface area contributed by atoms with Crippen molar-refractivity contribution in [2.75, 3.05) is 26.2 Å². The number of benzene rings is 2. The van der Waals surface area contributed by atoms with Crippen molar-refractivity contribution in [3.8, 4) is 0 Å². The van der Waals surface area contributed by atoms with Crippen LogP contribution in [0.1, 0.15) is 12.0 Å². The fourth-order valence-corrected chi connectivity index (χ4v) is 4.97. The second-order valence-corrected chi connectivity index (χ2v) is 8.32. The van der Waals surface area contributed by atoms with Crippen LogP contribution in [0.4, 0.5) is 0 Å². The summed E-state index contributed by atoms with van der Waals surface area (Å²) in [6, 6.07) is 21.2. The Bertz CT molecular complexity index is 950. The molecule has 0 saturated carbocycles. The van der Waals surface area contributed by atoms with Gasteiger partial charge in [0.2, 0.25) is 5.91 Å². The third-order valence-corrected chi connectivity index (χ3v) is 6.41. The van der Waals surface area contributed by atoms with Gasteiger partial charge < -0.3 is 9.47 Å². The van der Waals surface area contributed by atoms with E-state index in [0.29, 0.717) is 24.2 Å². The SMILES string of the molecule is O=C(CCn1ccc2ccccc21)N1C[C@H]2CN(Cc3ccccc3)C[C@@H]2C1. The van der Waals surface area contributed by atoms with Crippen LogP contribution in [0.25, 0.3) is 10.9 Å². The molecule has 1 aromatic heterocycles. The molecule has 144 valence electrons. The molecule has 0 aliphatic carbocycles. The summed E-state index contributed by atoms with van der Waals surface area (Å²) in [5.41, 5.74) is 2.60. The molecule has 5 rings (SSSR count). The lowest BCUT2D eigenvalue weighted by Gasteiger charge is -2.22. The Balaban J connectivity index is 1.14. The maximum absolute atomic E-state index is 12.8. The minimum atomic E-state index is 0.307. The van der Waals surface area contributed by atoms with Crippen molar-refractivity contribution in [1.29, 1.82) is 0 Å². The summed E-state index contributed by atoms with van der Waals surface area (Å²) in [6.07, 6.45) is 2.68. The highest BCUT2D eigenvalue weighted by Gasteiger charge is 2.41. The maximum Gasteiger partial charge on any atom is 0.224 e. The van der Waals surface area contributed by atoms with Crippen LogP contribution in [0, 0.1) is 11.8 Å². The van der Waals surface area contributed by atoms with Gasteiger partial charge in [0.05, 0.1) is 0 Å². The Morgan fingerprint density at radius 1 is 0.857 bits per heavy atom. The largest absolute Gasteiger partial charge is 0.347 e. The van der Waals surface area contributed by atoms with Crippen LogP contribution < -0.4 is 0 Å². The number of hydrogen-bond acceptors (Lipinski definition) is 2. The molecule has 0 unspecified atom stereocenters. The molecule has 2 atom stereocenters. The van der Waals surface area contributed by atoms with Crippen molar-refractivity contribution < 1.29 is 4.79 Å². The number of carbonyl (C=O) groups is 1. The molecule has 0 radical (unpaired) electrons. The molecule has 1 amide bonds. The monoisotopic (exact) mass is 373 g/mol. The summed E-state index contributed by atoms with van der Waals surface area (Å²) < 4.78 is 2.20. The van der Waals surface area contributed by atoms with Gasteiger partial charge in [-0.1, -0.05) is 48.5 Å². The van der Waals surface area contributed by atoms with Crippen molar-refractivity contribution in [3.63, 3.8) is 0 Å². The highest BCUT2D eigenvalue weighted by atomic mass is 16.2. The van der Waals surface area contributed by atoms with E-state index in [2.05, 4.69) is 81.2 Å². The first-order valence-electron chi connectivity index (χ1n) is 10.3. The van der Waals surface area contributed by atoms with Crippen LogP contribution in [-0.2, 0) is 17.9 Å². The first-order chi connectivity index (χ1) is 13.8. The summed E-state index contributed by atoms with van der Waals surface area (Å²) in [7, 11) is 0. The van der Waals surface area contributed by atoms with E-state index in [1.807, 2.05) is 0 Å². The summed E-state index contributed by atoms with van der Waals surface area (Å²) in [6.45, 7) is 5.89. The minimum absolute atomic E-state index is 0.307. The summed E-state index contributed by atoms with van der Waals surface area (Å²) >= 11 is 0. The van der Waals surface area contributed by atoms with Gasteiger partial charge in [0, 0.05) is 57.4 Å². The molecule has 28 heavy (non-hydrogen) atoms. The lowest BCUT2D eigenvalue weighted by Crippen LogP contribution is -2.33.